The number of amides is 2. The molecule has 2 aliphatic rings. The number of likely N-dealkylation sites (tertiary alicyclic amines) is 1. The fourth-order valence-corrected chi connectivity index (χ4v) is 4.51. The highest BCUT2D eigenvalue weighted by Crippen LogP contribution is 2.44. The number of carbonyl (C=O) groups excluding carboxylic acids is 1. The van der Waals surface area contributed by atoms with Crippen LogP contribution >= 0.6 is 0 Å². The van der Waals surface area contributed by atoms with Crippen LogP contribution in [0.4, 0.5) is 4.79 Å². The number of urea groups is 1. The van der Waals surface area contributed by atoms with E-state index in [1.807, 2.05) is 41.1 Å². The molecule has 0 N–H and O–H groups in total. The molecular weight excluding hydrogens is 412 g/mol. The van der Waals surface area contributed by atoms with Gasteiger partial charge in [-0.05, 0) is 48.6 Å². The van der Waals surface area contributed by atoms with Crippen LogP contribution in [0.2, 0.25) is 0 Å². The molecule has 33 heavy (non-hydrogen) atoms. The van der Waals surface area contributed by atoms with Crippen LogP contribution in [0.15, 0.2) is 78.6 Å². The number of hydrogen-bond donors (Lipinski definition) is 0. The van der Waals surface area contributed by atoms with Gasteiger partial charge in [-0.3, -0.25) is 0 Å². The van der Waals surface area contributed by atoms with E-state index >= 15 is 0 Å². The van der Waals surface area contributed by atoms with E-state index in [9.17, 15) is 4.79 Å². The molecule has 2 fully saturated rings. The number of rotatable bonds is 5. The Kier molecular flexibility index (Phi) is 6.07. The standard InChI is InChI=1S/C27H28N4O2/c1-30(25-19-24(25)22-8-3-2-4-9-22)27(32)31-15-11-20(12-16-31)17-21-7-5-10-23(18-21)33-26-28-13-6-14-29-26/h2-10,13-14,17-18,24-25H,11-12,15-16,19H2,1H3/t24?,25-/m1/s1. The maximum absolute atomic E-state index is 13.0. The summed E-state index contributed by atoms with van der Waals surface area (Å²) in [5.41, 5.74) is 3.76. The molecule has 1 aliphatic heterocycles. The molecular formula is C27H28N4O2. The first-order valence-electron chi connectivity index (χ1n) is 11.5. The summed E-state index contributed by atoms with van der Waals surface area (Å²) in [6.45, 7) is 1.51. The lowest BCUT2D eigenvalue weighted by Gasteiger charge is -2.32. The molecule has 0 spiro atoms. The molecule has 1 saturated carbocycles. The molecule has 2 amide bonds. The summed E-state index contributed by atoms with van der Waals surface area (Å²) >= 11 is 0. The highest BCUT2D eigenvalue weighted by molar-refractivity contribution is 5.75. The first kappa shape index (κ1) is 21.2. The molecule has 168 valence electrons. The Morgan fingerprint density at radius 3 is 2.55 bits per heavy atom. The zero-order chi connectivity index (χ0) is 22.6. The fraction of sp³-hybridized carbons (Fsp3) is 0.296. The predicted octanol–water partition coefficient (Wildman–Crippen LogP) is 5.36. The van der Waals surface area contributed by atoms with Crippen LogP contribution in [0.25, 0.3) is 6.08 Å². The van der Waals surface area contributed by atoms with E-state index in [4.69, 9.17) is 4.74 Å². The summed E-state index contributed by atoms with van der Waals surface area (Å²) in [5.74, 6) is 1.18. The number of aromatic nitrogens is 2. The molecule has 2 heterocycles. The van der Waals surface area contributed by atoms with E-state index < -0.39 is 0 Å². The quantitative estimate of drug-likeness (QED) is 0.536. The van der Waals surface area contributed by atoms with Gasteiger partial charge in [0.1, 0.15) is 5.75 Å². The Morgan fingerprint density at radius 1 is 1.03 bits per heavy atom. The van der Waals surface area contributed by atoms with Crippen molar-refractivity contribution >= 4 is 12.1 Å². The molecule has 0 radical (unpaired) electrons. The number of benzene rings is 2. The molecule has 1 unspecified atom stereocenters. The molecule has 1 aliphatic carbocycles. The highest BCUT2D eigenvalue weighted by Gasteiger charge is 2.44. The lowest BCUT2D eigenvalue weighted by atomic mass is 10.0. The van der Waals surface area contributed by atoms with Gasteiger partial charge in [-0.15, -0.1) is 0 Å². The van der Waals surface area contributed by atoms with Crippen LogP contribution in [-0.2, 0) is 0 Å². The van der Waals surface area contributed by atoms with Gasteiger partial charge in [0.2, 0.25) is 0 Å². The van der Waals surface area contributed by atoms with Crippen molar-refractivity contribution in [2.45, 2.75) is 31.2 Å². The second-order valence-corrected chi connectivity index (χ2v) is 8.71. The largest absolute Gasteiger partial charge is 0.424 e. The lowest BCUT2D eigenvalue weighted by molar-refractivity contribution is 0.156. The molecule has 6 nitrogen and oxygen atoms in total. The van der Waals surface area contributed by atoms with Crippen LogP contribution in [0.1, 0.15) is 36.3 Å². The second kappa shape index (κ2) is 9.45. The fourth-order valence-electron chi connectivity index (χ4n) is 4.51. The maximum Gasteiger partial charge on any atom is 0.321 e. The van der Waals surface area contributed by atoms with Gasteiger partial charge < -0.3 is 14.5 Å². The van der Waals surface area contributed by atoms with Crippen molar-refractivity contribution in [1.82, 2.24) is 19.8 Å². The third-order valence-electron chi connectivity index (χ3n) is 6.44. The van der Waals surface area contributed by atoms with Crippen LogP contribution in [0.5, 0.6) is 11.8 Å². The molecule has 1 aromatic heterocycles. The predicted molar refractivity (Wildman–Crippen MR) is 128 cm³/mol. The summed E-state index contributed by atoms with van der Waals surface area (Å²) in [7, 11) is 1.95. The monoisotopic (exact) mass is 440 g/mol. The van der Waals surface area contributed by atoms with Crippen molar-refractivity contribution in [3.63, 3.8) is 0 Å². The van der Waals surface area contributed by atoms with E-state index in [0.717, 1.165) is 37.9 Å². The number of nitrogens with zero attached hydrogens (tertiary/aromatic N) is 4. The van der Waals surface area contributed by atoms with Crippen LogP contribution < -0.4 is 4.74 Å². The van der Waals surface area contributed by atoms with E-state index in [0.29, 0.717) is 23.7 Å². The summed E-state index contributed by atoms with van der Waals surface area (Å²) in [4.78, 5) is 25.2. The molecule has 6 heteroatoms. The Balaban J connectivity index is 1.16. The number of likely N-dealkylation sites (N-methyl/N-ethyl adjacent to an activating group) is 1. The molecule has 3 aromatic rings. The number of hydrogen-bond acceptors (Lipinski definition) is 4. The van der Waals surface area contributed by atoms with Gasteiger partial charge in [0.05, 0.1) is 0 Å². The maximum atomic E-state index is 13.0. The molecule has 2 atom stereocenters. The lowest BCUT2D eigenvalue weighted by Crippen LogP contribution is -2.45. The Labute approximate surface area is 194 Å². The van der Waals surface area contributed by atoms with Gasteiger partial charge in [-0.25, -0.2) is 14.8 Å². The van der Waals surface area contributed by atoms with Gasteiger partial charge in [-0.1, -0.05) is 54.1 Å². The Bertz CT molecular complexity index is 1120. The van der Waals surface area contributed by atoms with Gasteiger partial charge in [0.25, 0.3) is 0 Å². The summed E-state index contributed by atoms with van der Waals surface area (Å²) in [5, 5.41) is 0. The van der Waals surface area contributed by atoms with Gasteiger partial charge in [-0.2, -0.15) is 0 Å². The average Bonchev–Trinajstić information content (AvgIpc) is 3.66. The number of ether oxygens (including phenoxy) is 1. The van der Waals surface area contributed by atoms with Crippen LogP contribution in [0, 0.1) is 0 Å². The Hall–Kier alpha value is -3.67. The summed E-state index contributed by atoms with van der Waals surface area (Å²) in [6.07, 6.45) is 8.35. The summed E-state index contributed by atoms with van der Waals surface area (Å²) < 4.78 is 5.74. The first-order chi connectivity index (χ1) is 16.2. The zero-order valence-corrected chi connectivity index (χ0v) is 18.8. The van der Waals surface area contributed by atoms with E-state index in [-0.39, 0.29) is 6.03 Å². The van der Waals surface area contributed by atoms with Gasteiger partial charge >= 0.3 is 12.0 Å². The van der Waals surface area contributed by atoms with Crippen molar-refractivity contribution in [3.8, 4) is 11.8 Å². The number of piperidine rings is 1. The molecule has 2 aromatic carbocycles. The third-order valence-corrected chi connectivity index (χ3v) is 6.44. The third kappa shape index (κ3) is 5.06. The molecule has 0 bridgehead atoms. The minimum Gasteiger partial charge on any atom is -0.424 e. The van der Waals surface area contributed by atoms with Crippen LogP contribution in [-0.4, -0.2) is 52.0 Å². The van der Waals surface area contributed by atoms with Crippen molar-refractivity contribution < 1.29 is 9.53 Å². The van der Waals surface area contributed by atoms with Gasteiger partial charge in [0.15, 0.2) is 0 Å². The van der Waals surface area contributed by atoms with Crippen molar-refractivity contribution in [2.75, 3.05) is 20.1 Å². The van der Waals surface area contributed by atoms with Crippen molar-refractivity contribution in [3.05, 3.63) is 89.8 Å². The van der Waals surface area contributed by atoms with Crippen molar-refractivity contribution in [1.29, 1.82) is 0 Å². The zero-order valence-electron chi connectivity index (χ0n) is 18.8. The topological polar surface area (TPSA) is 58.6 Å². The SMILES string of the molecule is CN(C(=O)N1CCC(=Cc2cccc(Oc3ncccn3)c2)CC1)[C@@H]1CC1c1ccccc1. The normalized spacial score (nSPS) is 19.7. The van der Waals surface area contributed by atoms with E-state index in [1.165, 1.54) is 11.1 Å². The van der Waals surface area contributed by atoms with E-state index in [2.05, 4.69) is 46.4 Å². The first-order valence-corrected chi connectivity index (χ1v) is 11.5. The summed E-state index contributed by atoms with van der Waals surface area (Å²) in [6, 6.07) is 21.0. The smallest absolute Gasteiger partial charge is 0.321 e. The minimum atomic E-state index is 0.149. The average molecular weight is 441 g/mol. The van der Waals surface area contributed by atoms with Crippen LogP contribution in [0.3, 0.4) is 0 Å². The highest BCUT2D eigenvalue weighted by atomic mass is 16.5. The molecule has 5 rings (SSSR count). The van der Waals surface area contributed by atoms with E-state index in [1.54, 1.807) is 18.5 Å². The second-order valence-electron chi connectivity index (χ2n) is 8.71. The van der Waals surface area contributed by atoms with Gasteiger partial charge in [0, 0.05) is 44.5 Å². The molecule has 1 saturated heterocycles. The van der Waals surface area contributed by atoms with Crippen molar-refractivity contribution in [2.24, 2.45) is 0 Å². The minimum absolute atomic E-state index is 0.149. The Morgan fingerprint density at radius 2 is 1.79 bits per heavy atom. The number of carbonyl (C=O) groups is 1.